The van der Waals surface area contributed by atoms with Crippen LogP contribution in [0.2, 0.25) is 0 Å². The summed E-state index contributed by atoms with van der Waals surface area (Å²) in [5, 5.41) is 3.45. The van der Waals surface area contributed by atoms with Gasteiger partial charge in [-0.05, 0) is 31.5 Å². The SMILES string of the molecule is Cc1nc2ccc(-c3cnc(C4CCCN4)[nH]3)cc2o1. The number of aromatic amines is 1. The van der Waals surface area contributed by atoms with Gasteiger partial charge in [-0.2, -0.15) is 0 Å². The van der Waals surface area contributed by atoms with E-state index in [2.05, 4.69) is 20.3 Å². The maximum atomic E-state index is 5.58. The molecule has 1 unspecified atom stereocenters. The molecule has 5 nitrogen and oxygen atoms in total. The van der Waals surface area contributed by atoms with Crippen LogP contribution in [0.3, 0.4) is 0 Å². The van der Waals surface area contributed by atoms with Gasteiger partial charge in [-0.1, -0.05) is 6.07 Å². The molecule has 20 heavy (non-hydrogen) atoms. The molecule has 3 heterocycles. The van der Waals surface area contributed by atoms with E-state index in [9.17, 15) is 0 Å². The lowest BCUT2D eigenvalue weighted by Gasteiger charge is -2.05. The summed E-state index contributed by atoms with van der Waals surface area (Å²) < 4.78 is 5.58. The number of benzene rings is 1. The second-order valence-corrected chi connectivity index (χ2v) is 5.25. The van der Waals surface area contributed by atoms with Gasteiger partial charge in [-0.3, -0.25) is 0 Å². The fraction of sp³-hybridized carbons (Fsp3) is 0.333. The number of hydrogen-bond acceptors (Lipinski definition) is 4. The fourth-order valence-electron chi connectivity index (χ4n) is 2.79. The van der Waals surface area contributed by atoms with Gasteiger partial charge in [-0.15, -0.1) is 0 Å². The maximum absolute atomic E-state index is 5.58. The van der Waals surface area contributed by atoms with Crippen molar-refractivity contribution in [3.63, 3.8) is 0 Å². The van der Waals surface area contributed by atoms with Crippen LogP contribution in [0.5, 0.6) is 0 Å². The van der Waals surface area contributed by atoms with Gasteiger partial charge >= 0.3 is 0 Å². The molecule has 1 aromatic carbocycles. The van der Waals surface area contributed by atoms with Gasteiger partial charge in [0.05, 0.1) is 17.9 Å². The minimum Gasteiger partial charge on any atom is -0.441 e. The number of nitrogens with zero attached hydrogens (tertiary/aromatic N) is 2. The highest BCUT2D eigenvalue weighted by atomic mass is 16.3. The molecule has 0 saturated carbocycles. The number of H-pyrrole nitrogens is 1. The molecule has 5 heteroatoms. The van der Waals surface area contributed by atoms with Crippen molar-refractivity contribution in [2.75, 3.05) is 6.54 Å². The second kappa shape index (κ2) is 4.45. The van der Waals surface area contributed by atoms with Crippen molar-refractivity contribution >= 4 is 11.1 Å². The summed E-state index contributed by atoms with van der Waals surface area (Å²) in [5.74, 6) is 1.71. The van der Waals surface area contributed by atoms with Crippen LogP contribution in [0.25, 0.3) is 22.4 Å². The van der Waals surface area contributed by atoms with Crippen LogP contribution in [-0.4, -0.2) is 21.5 Å². The predicted molar refractivity (Wildman–Crippen MR) is 76.3 cm³/mol. The summed E-state index contributed by atoms with van der Waals surface area (Å²) in [4.78, 5) is 12.2. The number of fused-ring (bicyclic) bond motifs is 1. The molecule has 102 valence electrons. The monoisotopic (exact) mass is 268 g/mol. The number of rotatable bonds is 2. The Bertz CT molecular complexity index is 752. The minimum atomic E-state index is 0.361. The van der Waals surface area contributed by atoms with E-state index >= 15 is 0 Å². The van der Waals surface area contributed by atoms with Crippen LogP contribution >= 0.6 is 0 Å². The third-order valence-corrected chi connectivity index (χ3v) is 3.79. The Balaban J connectivity index is 1.71. The summed E-state index contributed by atoms with van der Waals surface area (Å²) >= 11 is 0. The summed E-state index contributed by atoms with van der Waals surface area (Å²) in [5.41, 5.74) is 3.80. The van der Waals surface area contributed by atoms with Gasteiger partial charge in [0.2, 0.25) is 0 Å². The van der Waals surface area contributed by atoms with Crippen molar-refractivity contribution in [1.29, 1.82) is 0 Å². The Morgan fingerprint density at radius 2 is 2.30 bits per heavy atom. The molecule has 0 aliphatic carbocycles. The molecule has 4 rings (SSSR count). The zero-order valence-electron chi connectivity index (χ0n) is 11.3. The molecular formula is C15H16N4O. The molecular weight excluding hydrogens is 252 g/mol. The van der Waals surface area contributed by atoms with Crippen molar-refractivity contribution in [3.05, 3.63) is 36.1 Å². The number of aromatic nitrogens is 3. The Morgan fingerprint density at radius 3 is 3.15 bits per heavy atom. The zero-order chi connectivity index (χ0) is 13.5. The molecule has 0 spiro atoms. The third-order valence-electron chi connectivity index (χ3n) is 3.79. The van der Waals surface area contributed by atoms with E-state index in [1.54, 1.807) is 0 Å². The number of imidazole rings is 1. The van der Waals surface area contributed by atoms with E-state index in [1.807, 2.05) is 31.3 Å². The Kier molecular flexibility index (Phi) is 2.60. The van der Waals surface area contributed by atoms with Gasteiger partial charge < -0.3 is 14.7 Å². The summed E-state index contributed by atoms with van der Waals surface area (Å²) in [6, 6.07) is 6.40. The van der Waals surface area contributed by atoms with Gasteiger partial charge in [0.25, 0.3) is 0 Å². The molecule has 0 bridgehead atoms. The van der Waals surface area contributed by atoms with Crippen LogP contribution < -0.4 is 5.32 Å². The summed E-state index contributed by atoms with van der Waals surface area (Å²) in [6.07, 6.45) is 4.25. The standard InChI is InChI=1S/C15H16N4O/c1-9-18-11-5-4-10(7-14(11)20-9)13-8-17-15(19-13)12-3-2-6-16-12/h4-5,7-8,12,16H,2-3,6H2,1H3,(H,17,19). The minimum absolute atomic E-state index is 0.361. The van der Waals surface area contributed by atoms with Crippen molar-refractivity contribution in [3.8, 4) is 11.3 Å². The van der Waals surface area contributed by atoms with E-state index < -0.39 is 0 Å². The highest BCUT2D eigenvalue weighted by Crippen LogP contribution is 2.26. The molecule has 3 aromatic rings. The van der Waals surface area contributed by atoms with E-state index in [1.165, 1.54) is 6.42 Å². The first kappa shape index (κ1) is 11.7. The van der Waals surface area contributed by atoms with Crippen LogP contribution in [0.4, 0.5) is 0 Å². The Hall–Kier alpha value is -2.14. The highest BCUT2D eigenvalue weighted by Gasteiger charge is 2.19. The average Bonchev–Trinajstić information content (AvgIpc) is 3.17. The van der Waals surface area contributed by atoms with Gasteiger partial charge in [-0.25, -0.2) is 9.97 Å². The third kappa shape index (κ3) is 1.91. The Morgan fingerprint density at radius 1 is 1.35 bits per heavy atom. The van der Waals surface area contributed by atoms with Crippen LogP contribution in [0.15, 0.2) is 28.8 Å². The molecule has 2 N–H and O–H groups in total. The molecule has 0 radical (unpaired) electrons. The lowest BCUT2D eigenvalue weighted by molar-refractivity contribution is 0.561. The van der Waals surface area contributed by atoms with Crippen molar-refractivity contribution < 1.29 is 4.42 Å². The Labute approximate surface area is 116 Å². The van der Waals surface area contributed by atoms with Gasteiger partial charge in [0, 0.05) is 12.5 Å². The largest absolute Gasteiger partial charge is 0.441 e. The van der Waals surface area contributed by atoms with Crippen LogP contribution in [-0.2, 0) is 0 Å². The first-order valence-corrected chi connectivity index (χ1v) is 6.95. The highest BCUT2D eigenvalue weighted by molar-refractivity contribution is 5.79. The van der Waals surface area contributed by atoms with Crippen LogP contribution in [0.1, 0.15) is 30.6 Å². The molecule has 1 aliphatic rings. The van der Waals surface area contributed by atoms with E-state index in [0.29, 0.717) is 11.9 Å². The van der Waals surface area contributed by atoms with E-state index in [4.69, 9.17) is 4.42 Å². The summed E-state index contributed by atoms with van der Waals surface area (Å²) in [7, 11) is 0. The van der Waals surface area contributed by atoms with Crippen molar-refractivity contribution in [1.82, 2.24) is 20.3 Å². The lowest BCUT2D eigenvalue weighted by atomic mass is 10.1. The normalized spacial score (nSPS) is 18.9. The first-order chi connectivity index (χ1) is 9.79. The number of hydrogen-bond donors (Lipinski definition) is 2. The predicted octanol–water partition coefficient (Wildman–Crippen LogP) is 2.95. The second-order valence-electron chi connectivity index (χ2n) is 5.25. The average molecular weight is 268 g/mol. The van der Waals surface area contributed by atoms with E-state index in [-0.39, 0.29) is 0 Å². The maximum Gasteiger partial charge on any atom is 0.192 e. The summed E-state index contributed by atoms with van der Waals surface area (Å²) in [6.45, 7) is 2.93. The topological polar surface area (TPSA) is 66.7 Å². The van der Waals surface area contributed by atoms with Crippen molar-refractivity contribution in [2.24, 2.45) is 0 Å². The fourth-order valence-corrected chi connectivity index (χ4v) is 2.79. The molecule has 1 fully saturated rings. The first-order valence-electron chi connectivity index (χ1n) is 6.95. The molecule has 1 atom stereocenters. The van der Waals surface area contributed by atoms with E-state index in [0.717, 1.165) is 41.1 Å². The molecule has 1 saturated heterocycles. The number of oxazole rings is 1. The lowest BCUT2D eigenvalue weighted by Crippen LogP contribution is -2.14. The molecule has 0 amide bonds. The quantitative estimate of drug-likeness (QED) is 0.750. The number of nitrogens with one attached hydrogen (secondary N) is 2. The molecule has 1 aliphatic heterocycles. The zero-order valence-corrected chi connectivity index (χ0v) is 11.3. The van der Waals surface area contributed by atoms with Gasteiger partial charge in [0.1, 0.15) is 11.3 Å². The number of aryl methyl sites for hydroxylation is 1. The van der Waals surface area contributed by atoms with Crippen LogP contribution in [0, 0.1) is 6.92 Å². The van der Waals surface area contributed by atoms with Gasteiger partial charge in [0.15, 0.2) is 11.5 Å². The smallest absolute Gasteiger partial charge is 0.192 e. The molecule has 2 aromatic heterocycles. The van der Waals surface area contributed by atoms with Crippen molar-refractivity contribution in [2.45, 2.75) is 25.8 Å².